The number of unbranched alkanes of at least 4 members (excludes halogenated alkanes) is 1. The Morgan fingerprint density at radius 1 is 1.37 bits per heavy atom. The Labute approximate surface area is 121 Å². The molecule has 1 aliphatic rings. The predicted molar refractivity (Wildman–Crippen MR) is 81.8 cm³/mol. The first-order valence-electron chi connectivity index (χ1n) is 7.38. The largest absolute Gasteiger partial charge is 0.370 e. The van der Waals surface area contributed by atoms with E-state index in [1.165, 1.54) is 25.7 Å². The maximum atomic E-state index is 6.28. The molecule has 1 aromatic heterocycles. The molecule has 0 amide bonds. The van der Waals surface area contributed by atoms with Crippen molar-refractivity contribution in [1.82, 2.24) is 9.88 Å². The van der Waals surface area contributed by atoms with Gasteiger partial charge in [-0.1, -0.05) is 24.9 Å². The Morgan fingerprint density at radius 2 is 2.16 bits per heavy atom. The van der Waals surface area contributed by atoms with Crippen LogP contribution in [0.4, 0.5) is 5.82 Å². The Kier molecular flexibility index (Phi) is 5.46. The van der Waals surface area contributed by atoms with E-state index in [4.69, 9.17) is 11.6 Å². The van der Waals surface area contributed by atoms with Crippen LogP contribution in [0.2, 0.25) is 5.02 Å². The first-order valence-corrected chi connectivity index (χ1v) is 7.75. The third-order valence-electron chi connectivity index (χ3n) is 3.49. The lowest BCUT2D eigenvalue weighted by molar-refractivity contribution is 0.248. The van der Waals surface area contributed by atoms with Gasteiger partial charge in [-0.15, -0.1) is 0 Å². The van der Waals surface area contributed by atoms with Crippen LogP contribution in [0.1, 0.15) is 45.2 Å². The van der Waals surface area contributed by atoms with Gasteiger partial charge in [0.1, 0.15) is 5.82 Å². The van der Waals surface area contributed by atoms with Crippen LogP contribution in [0, 0.1) is 0 Å². The lowest BCUT2D eigenvalue weighted by Gasteiger charge is -2.22. The van der Waals surface area contributed by atoms with Crippen molar-refractivity contribution in [3.8, 4) is 0 Å². The molecular formula is C15H24ClN3. The second-order valence-electron chi connectivity index (χ2n) is 5.21. The van der Waals surface area contributed by atoms with Crippen LogP contribution >= 0.6 is 11.6 Å². The highest BCUT2D eigenvalue weighted by molar-refractivity contribution is 6.31. The lowest BCUT2D eigenvalue weighted by atomic mass is 10.2. The van der Waals surface area contributed by atoms with Crippen molar-refractivity contribution in [2.75, 3.05) is 18.4 Å². The van der Waals surface area contributed by atoms with Gasteiger partial charge in [-0.2, -0.15) is 0 Å². The number of nitrogens with zero attached hydrogens (tertiary/aromatic N) is 2. The summed E-state index contributed by atoms with van der Waals surface area (Å²) in [7, 11) is 0. The summed E-state index contributed by atoms with van der Waals surface area (Å²) in [6.07, 6.45) is 5.14. The van der Waals surface area contributed by atoms with Gasteiger partial charge in [-0.3, -0.25) is 4.90 Å². The molecule has 0 radical (unpaired) electrons. The van der Waals surface area contributed by atoms with Crippen molar-refractivity contribution in [2.45, 2.75) is 52.1 Å². The van der Waals surface area contributed by atoms with Gasteiger partial charge in [-0.25, -0.2) is 4.98 Å². The fraction of sp³-hybridized carbons (Fsp3) is 0.667. The summed E-state index contributed by atoms with van der Waals surface area (Å²) in [6, 6.07) is 4.66. The van der Waals surface area contributed by atoms with Gasteiger partial charge in [0.15, 0.2) is 0 Å². The third-order valence-corrected chi connectivity index (χ3v) is 3.84. The smallest absolute Gasteiger partial charge is 0.126 e. The van der Waals surface area contributed by atoms with Crippen LogP contribution in [-0.4, -0.2) is 29.0 Å². The minimum absolute atomic E-state index is 0.757. The first-order chi connectivity index (χ1) is 9.24. The highest BCUT2D eigenvalue weighted by atomic mass is 35.5. The van der Waals surface area contributed by atoms with E-state index in [0.717, 1.165) is 42.2 Å². The number of anilines is 1. The molecule has 4 heteroatoms. The van der Waals surface area contributed by atoms with Crippen LogP contribution in [0.15, 0.2) is 12.1 Å². The van der Waals surface area contributed by atoms with Crippen LogP contribution in [0.3, 0.4) is 0 Å². The Hall–Kier alpha value is -0.800. The number of hydrogen-bond acceptors (Lipinski definition) is 3. The summed E-state index contributed by atoms with van der Waals surface area (Å²) < 4.78 is 0. The summed E-state index contributed by atoms with van der Waals surface area (Å²) in [5.41, 5.74) is 1.00. The van der Waals surface area contributed by atoms with E-state index in [9.17, 15) is 0 Å². The maximum Gasteiger partial charge on any atom is 0.126 e. The summed E-state index contributed by atoms with van der Waals surface area (Å²) >= 11 is 6.28. The summed E-state index contributed by atoms with van der Waals surface area (Å²) in [5.74, 6) is 0.924. The minimum atomic E-state index is 0.757. The Morgan fingerprint density at radius 3 is 2.79 bits per heavy atom. The first kappa shape index (κ1) is 14.6. The molecule has 1 fully saturated rings. The standard InChI is InChI=1S/C15H24ClN3/c1-3-5-10-19(12-6-7-12)11-14-13(16)8-9-15(18-14)17-4-2/h8-9,12H,3-7,10-11H2,1-2H3,(H,17,18). The average Bonchev–Trinajstić information content (AvgIpc) is 3.22. The fourth-order valence-corrected chi connectivity index (χ4v) is 2.42. The quantitative estimate of drug-likeness (QED) is 0.782. The van der Waals surface area contributed by atoms with Gasteiger partial charge in [0.25, 0.3) is 0 Å². The number of pyridine rings is 1. The van der Waals surface area contributed by atoms with E-state index in [2.05, 4.69) is 29.0 Å². The zero-order valence-corrected chi connectivity index (χ0v) is 12.7. The fourth-order valence-electron chi connectivity index (χ4n) is 2.26. The molecule has 19 heavy (non-hydrogen) atoms. The molecule has 1 aliphatic carbocycles. The Bertz CT molecular complexity index is 404. The average molecular weight is 282 g/mol. The number of nitrogens with one attached hydrogen (secondary N) is 1. The molecule has 1 aromatic rings. The van der Waals surface area contributed by atoms with Crippen molar-refractivity contribution in [3.63, 3.8) is 0 Å². The van der Waals surface area contributed by atoms with E-state index in [1.807, 2.05) is 12.1 Å². The van der Waals surface area contributed by atoms with Gasteiger partial charge in [0.05, 0.1) is 10.7 Å². The summed E-state index contributed by atoms with van der Waals surface area (Å²) in [4.78, 5) is 7.17. The summed E-state index contributed by atoms with van der Waals surface area (Å²) in [5, 5.41) is 4.03. The van der Waals surface area contributed by atoms with E-state index < -0.39 is 0 Å². The molecule has 0 atom stereocenters. The van der Waals surface area contributed by atoms with Gasteiger partial charge in [0.2, 0.25) is 0 Å². The highest BCUT2D eigenvalue weighted by Gasteiger charge is 2.29. The zero-order chi connectivity index (χ0) is 13.7. The maximum absolute atomic E-state index is 6.28. The second kappa shape index (κ2) is 7.11. The molecule has 0 spiro atoms. The Balaban J connectivity index is 2.04. The molecule has 1 heterocycles. The van der Waals surface area contributed by atoms with Crippen LogP contribution in [0.5, 0.6) is 0 Å². The normalized spacial score (nSPS) is 14.9. The van der Waals surface area contributed by atoms with E-state index in [-0.39, 0.29) is 0 Å². The van der Waals surface area contributed by atoms with Gasteiger partial charge in [-0.05, 0) is 44.9 Å². The molecule has 3 nitrogen and oxygen atoms in total. The number of hydrogen-bond donors (Lipinski definition) is 1. The molecule has 1 saturated carbocycles. The molecule has 0 saturated heterocycles. The van der Waals surface area contributed by atoms with Crippen molar-refractivity contribution >= 4 is 17.4 Å². The van der Waals surface area contributed by atoms with Crippen LogP contribution < -0.4 is 5.32 Å². The second-order valence-corrected chi connectivity index (χ2v) is 5.62. The van der Waals surface area contributed by atoms with Gasteiger partial charge >= 0.3 is 0 Å². The molecule has 106 valence electrons. The number of halogens is 1. The van der Waals surface area contributed by atoms with Gasteiger partial charge < -0.3 is 5.32 Å². The van der Waals surface area contributed by atoms with Crippen molar-refractivity contribution in [2.24, 2.45) is 0 Å². The molecular weight excluding hydrogens is 258 g/mol. The van der Waals surface area contributed by atoms with E-state index >= 15 is 0 Å². The zero-order valence-electron chi connectivity index (χ0n) is 12.0. The monoisotopic (exact) mass is 281 g/mol. The molecule has 0 bridgehead atoms. The minimum Gasteiger partial charge on any atom is -0.370 e. The SMILES string of the molecule is CCCCN(Cc1nc(NCC)ccc1Cl)C1CC1. The van der Waals surface area contributed by atoms with Crippen molar-refractivity contribution in [3.05, 3.63) is 22.8 Å². The molecule has 2 rings (SSSR count). The van der Waals surface area contributed by atoms with Crippen LogP contribution in [0.25, 0.3) is 0 Å². The lowest BCUT2D eigenvalue weighted by Crippen LogP contribution is -2.27. The predicted octanol–water partition coefficient (Wildman–Crippen LogP) is 3.93. The topological polar surface area (TPSA) is 28.2 Å². The third kappa shape index (κ3) is 4.36. The molecule has 0 unspecified atom stereocenters. The number of rotatable bonds is 8. The van der Waals surface area contributed by atoms with Crippen molar-refractivity contribution < 1.29 is 0 Å². The molecule has 0 aliphatic heterocycles. The summed E-state index contributed by atoms with van der Waals surface area (Å²) in [6.45, 7) is 7.24. The number of aromatic nitrogens is 1. The van der Waals surface area contributed by atoms with Crippen LogP contribution in [-0.2, 0) is 6.54 Å². The van der Waals surface area contributed by atoms with Gasteiger partial charge in [0, 0.05) is 19.1 Å². The molecule has 0 aromatic carbocycles. The van der Waals surface area contributed by atoms with E-state index in [0.29, 0.717) is 0 Å². The van der Waals surface area contributed by atoms with Crippen molar-refractivity contribution in [1.29, 1.82) is 0 Å². The molecule has 1 N–H and O–H groups in total. The van der Waals surface area contributed by atoms with E-state index in [1.54, 1.807) is 0 Å². The highest BCUT2D eigenvalue weighted by Crippen LogP contribution is 2.29.